The number of aromatic nitrogens is 1. The normalized spacial score (nSPS) is 11.9. The van der Waals surface area contributed by atoms with Gasteiger partial charge in [-0.05, 0) is 32.8 Å². The maximum atomic E-state index is 11.8. The largest absolute Gasteiger partial charge is 0.457 e. The van der Waals surface area contributed by atoms with Gasteiger partial charge in [0, 0.05) is 7.11 Å². The Morgan fingerprint density at radius 2 is 2.33 bits per heavy atom. The number of nitrogens with zero attached hydrogens (tertiary/aromatic N) is 2. The third-order valence-electron chi connectivity index (χ3n) is 1.96. The van der Waals surface area contributed by atoms with E-state index < -0.39 is 22.8 Å². The van der Waals surface area contributed by atoms with Gasteiger partial charge in [-0.25, -0.2) is 4.79 Å². The molecule has 0 bridgehead atoms. The zero-order valence-electron chi connectivity index (χ0n) is 9.75. The Kier molecular flexibility index (Phi) is 5.17. The van der Waals surface area contributed by atoms with E-state index in [-0.39, 0.29) is 12.2 Å². The van der Waals surface area contributed by atoms with Crippen LogP contribution in [0.2, 0.25) is 0 Å². The first kappa shape index (κ1) is 14.5. The molecule has 0 fully saturated rings. The Morgan fingerprint density at radius 3 is 2.89 bits per heavy atom. The minimum Gasteiger partial charge on any atom is -0.457 e. The Bertz CT molecular complexity index is 466. The Hall–Kier alpha value is -1.54. The van der Waals surface area contributed by atoms with E-state index in [0.29, 0.717) is 4.47 Å². The van der Waals surface area contributed by atoms with Crippen molar-refractivity contribution in [3.8, 4) is 0 Å². The summed E-state index contributed by atoms with van der Waals surface area (Å²) in [5, 5.41) is 10.6. The van der Waals surface area contributed by atoms with Crippen LogP contribution in [-0.4, -0.2) is 35.7 Å². The SMILES string of the molecule is COCC(C)OC(=O)c1cc([N+](=O)[O-])ncc1Br. The molecule has 0 aliphatic rings. The lowest BCUT2D eigenvalue weighted by Gasteiger charge is -2.12. The van der Waals surface area contributed by atoms with Gasteiger partial charge in [-0.3, -0.25) is 0 Å². The second-order valence-electron chi connectivity index (χ2n) is 3.45. The van der Waals surface area contributed by atoms with Crippen LogP contribution in [0.1, 0.15) is 17.3 Å². The monoisotopic (exact) mass is 318 g/mol. The molecule has 1 rings (SSSR count). The molecule has 0 aromatic carbocycles. The highest BCUT2D eigenvalue weighted by atomic mass is 79.9. The summed E-state index contributed by atoms with van der Waals surface area (Å²) in [5.41, 5.74) is 0.0552. The van der Waals surface area contributed by atoms with Gasteiger partial charge in [0.2, 0.25) is 0 Å². The third kappa shape index (κ3) is 3.74. The highest BCUT2D eigenvalue weighted by Gasteiger charge is 2.20. The highest BCUT2D eigenvalue weighted by Crippen LogP contribution is 2.21. The topological polar surface area (TPSA) is 91.6 Å². The second-order valence-corrected chi connectivity index (χ2v) is 4.31. The maximum Gasteiger partial charge on any atom is 0.364 e. The van der Waals surface area contributed by atoms with E-state index >= 15 is 0 Å². The van der Waals surface area contributed by atoms with Gasteiger partial charge < -0.3 is 19.6 Å². The summed E-state index contributed by atoms with van der Waals surface area (Å²) in [4.78, 5) is 25.2. The molecule has 1 atom stereocenters. The molecule has 1 heterocycles. The number of methoxy groups -OCH3 is 1. The standard InChI is InChI=1S/C10H11BrN2O5/c1-6(5-17-2)18-10(14)7-3-9(13(15)16)12-4-8(7)11/h3-4,6H,5H2,1-2H3. The Balaban J connectivity index is 2.91. The number of hydrogen-bond acceptors (Lipinski definition) is 6. The molecule has 8 heteroatoms. The Morgan fingerprint density at radius 1 is 1.67 bits per heavy atom. The molecule has 0 N–H and O–H groups in total. The van der Waals surface area contributed by atoms with Crippen LogP contribution in [0.5, 0.6) is 0 Å². The van der Waals surface area contributed by atoms with Gasteiger partial charge in [-0.1, -0.05) is 0 Å². The zero-order valence-corrected chi connectivity index (χ0v) is 11.3. The van der Waals surface area contributed by atoms with Crippen molar-refractivity contribution >= 4 is 27.7 Å². The van der Waals surface area contributed by atoms with E-state index in [2.05, 4.69) is 20.9 Å². The maximum absolute atomic E-state index is 11.8. The van der Waals surface area contributed by atoms with Crippen molar-refractivity contribution in [3.05, 3.63) is 32.4 Å². The van der Waals surface area contributed by atoms with E-state index in [9.17, 15) is 14.9 Å². The molecule has 0 spiro atoms. The van der Waals surface area contributed by atoms with Gasteiger partial charge in [-0.15, -0.1) is 0 Å². The van der Waals surface area contributed by atoms with E-state index in [1.165, 1.54) is 13.3 Å². The predicted molar refractivity (Wildman–Crippen MR) is 65.3 cm³/mol. The first-order chi connectivity index (χ1) is 8.45. The lowest BCUT2D eigenvalue weighted by molar-refractivity contribution is -0.389. The van der Waals surface area contributed by atoms with Crippen molar-refractivity contribution in [3.63, 3.8) is 0 Å². The first-order valence-corrected chi connectivity index (χ1v) is 5.75. The van der Waals surface area contributed by atoms with Crippen molar-refractivity contribution in [2.24, 2.45) is 0 Å². The van der Waals surface area contributed by atoms with Crippen LogP contribution >= 0.6 is 15.9 Å². The number of ether oxygens (including phenoxy) is 2. The molecule has 0 radical (unpaired) electrons. The molecule has 1 aromatic rings. The summed E-state index contributed by atoms with van der Waals surface area (Å²) in [6.07, 6.45) is 0.747. The summed E-state index contributed by atoms with van der Waals surface area (Å²) in [7, 11) is 1.48. The number of rotatable bonds is 5. The number of pyridine rings is 1. The van der Waals surface area contributed by atoms with Crippen LogP contribution in [0, 0.1) is 10.1 Å². The molecule has 0 saturated heterocycles. The van der Waals surface area contributed by atoms with Crippen LogP contribution in [0.25, 0.3) is 0 Å². The number of carbonyl (C=O) groups is 1. The lowest BCUT2D eigenvalue weighted by Crippen LogP contribution is -2.20. The number of esters is 1. The second kappa shape index (κ2) is 6.41. The molecule has 18 heavy (non-hydrogen) atoms. The van der Waals surface area contributed by atoms with Crippen molar-refractivity contribution < 1.29 is 19.2 Å². The van der Waals surface area contributed by atoms with Gasteiger partial charge >= 0.3 is 11.8 Å². The number of hydrogen-bond donors (Lipinski definition) is 0. The first-order valence-electron chi connectivity index (χ1n) is 4.95. The highest BCUT2D eigenvalue weighted by molar-refractivity contribution is 9.10. The minimum atomic E-state index is -0.679. The van der Waals surface area contributed by atoms with Crippen LogP contribution < -0.4 is 0 Å². The van der Waals surface area contributed by atoms with Crippen molar-refractivity contribution in [1.29, 1.82) is 0 Å². The van der Waals surface area contributed by atoms with Crippen LogP contribution in [-0.2, 0) is 9.47 Å². The molecule has 0 saturated carbocycles. The van der Waals surface area contributed by atoms with Crippen molar-refractivity contribution in [1.82, 2.24) is 4.98 Å². The number of halogens is 1. The molecule has 98 valence electrons. The molecule has 0 aliphatic heterocycles. The predicted octanol–water partition coefficient (Wildman–Crippen LogP) is 1.94. The van der Waals surface area contributed by atoms with Crippen molar-refractivity contribution in [2.45, 2.75) is 13.0 Å². The summed E-state index contributed by atoms with van der Waals surface area (Å²) in [5.74, 6) is -1.08. The molecule has 1 unspecified atom stereocenters. The van der Waals surface area contributed by atoms with Crippen LogP contribution in [0.15, 0.2) is 16.7 Å². The zero-order chi connectivity index (χ0) is 13.7. The van der Waals surface area contributed by atoms with Gasteiger partial charge in [0.15, 0.2) is 6.20 Å². The number of carbonyl (C=O) groups excluding carboxylic acids is 1. The summed E-state index contributed by atoms with van der Waals surface area (Å²) in [6.45, 7) is 1.90. The molecule has 0 aliphatic carbocycles. The van der Waals surface area contributed by atoms with E-state index in [1.54, 1.807) is 6.92 Å². The summed E-state index contributed by atoms with van der Waals surface area (Å²) < 4.78 is 10.2. The molecule has 0 amide bonds. The van der Waals surface area contributed by atoms with Crippen LogP contribution in [0.4, 0.5) is 5.82 Å². The smallest absolute Gasteiger partial charge is 0.364 e. The fourth-order valence-corrected chi connectivity index (χ4v) is 1.58. The van der Waals surface area contributed by atoms with Gasteiger partial charge in [0.1, 0.15) is 6.10 Å². The van der Waals surface area contributed by atoms with Crippen LogP contribution in [0.3, 0.4) is 0 Å². The lowest BCUT2D eigenvalue weighted by atomic mass is 10.2. The summed E-state index contributed by atoms with van der Waals surface area (Å²) in [6, 6.07) is 1.06. The molecule has 7 nitrogen and oxygen atoms in total. The molecule has 1 aromatic heterocycles. The molecular formula is C10H11BrN2O5. The average Bonchev–Trinajstić information content (AvgIpc) is 2.29. The van der Waals surface area contributed by atoms with Gasteiger partial charge in [-0.2, -0.15) is 0 Å². The minimum absolute atomic E-state index is 0.0552. The third-order valence-corrected chi connectivity index (χ3v) is 2.59. The average molecular weight is 319 g/mol. The number of nitro groups is 1. The van der Waals surface area contributed by atoms with E-state index in [4.69, 9.17) is 9.47 Å². The quantitative estimate of drug-likeness (QED) is 0.468. The van der Waals surface area contributed by atoms with Crippen molar-refractivity contribution in [2.75, 3.05) is 13.7 Å². The van der Waals surface area contributed by atoms with Gasteiger partial charge in [0.25, 0.3) is 0 Å². The Labute approximate surface area is 111 Å². The fourth-order valence-electron chi connectivity index (χ4n) is 1.20. The van der Waals surface area contributed by atoms with Gasteiger partial charge in [0.05, 0.1) is 22.7 Å². The van der Waals surface area contributed by atoms with E-state index in [0.717, 1.165) is 6.07 Å². The fraction of sp³-hybridized carbons (Fsp3) is 0.400. The summed E-state index contributed by atoms with van der Waals surface area (Å²) >= 11 is 3.09. The molecular weight excluding hydrogens is 308 g/mol. The van der Waals surface area contributed by atoms with E-state index in [1.807, 2.05) is 0 Å².